The number of rotatable bonds is 5. The van der Waals surface area contributed by atoms with E-state index in [2.05, 4.69) is 25.4 Å². The van der Waals surface area contributed by atoms with Gasteiger partial charge in [0.05, 0.1) is 0 Å². The van der Waals surface area contributed by atoms with E-state index in [1.165, 1.54) is 0 Å². The number of amides is 2. The van der Waals surface area contributed by atoms with Gasteiger partial charge in [0.2, 0.25) is 5.13 Å². The lowest BCUT2D eigenvalue weighted by molar-refractivity contribution is -0.139. The van der Waals surface area contributed by atoms with Crippen molar-refractivity contribution in [3.8, 4) is 0 Å². The van der Waals surface area contributed by atoms with Crippen LogP contribution in [0.15, 0.2) is 0 Å². The fourth-order valence-electron chi connectivity index (χ4n) is 1.17. The molecule has 1 atom stereocenters. The minimum atomic E-state index is -1.07. The maximum absolute atomic E-state index is 11.4. The highest BCUT2D eigenvalue weighted by molar-refractivity contribution is 7.09. The third kappa shape index (κ3) is 4.72. The van der Waals surface area contributed by atoms with E-state index in [0.29, 0.717) is 6.42 Å². The van der Waals surface area contributed by atoms with Gasteiger partial charge in [-0.1, -0.05) is 23.4 Å². The van der Waals surface area contributed by atoms with Crippen molar-refractivity contribution in [2.75, 3.05) is 5.32 Å². The SMILES string of the molecule is CC(C)C[C@H](NC(=O)Nc1nnns1)C(=O)O. The highest BCUT2D eigenvalue weighted by atomic mass is 32.1. The van der Waals surface area contributed by atoms with Gasteiger partial charge in [0.15, 0.2) is 0 Å². The zero-order valence-electron chi connectivity index (χ0n) is 9.38. The van der Waals surface area contributed by atoms with Gasteiger partial charge in [-0.25, -0.2) is 9.59 Å². The zero-order chi connectivity index (χ0) is 12.8. The number of urea groups is 1. The predicted molar refractivity (Wildman–Crippen MR) is 60.7 cm³/mol. The molecule has 9 heteroatoms. The second-order valence-corrected chi connectivity index (χ2v) is 4.52. The highest BCUT2D eigenvalue weighted by Crippen LogP contribution is 2.07. The summed E-state index contributed by atoms with van der Waals surface area (Å²) >= 11 is 0.909. The standard InChI is InChI=1S/C8H13N5O3S/c1-4(2)3-5(6(14)15)9-7(16)10-8-11-12-13-17-8/h4-5H,3H2,1-2H3,(H,14,15)(H2,9,10,11,13,16)/t5-/m0/s1. The molecule has 1 rings (SSSR count). The number of carbonyl (C=O) groups excluding carboxylic acids is 1. The van der Waals surface area contributed by atoms with Gasteiger partial charge < -0.3 is 10.4 Å². The number of nitrogens with zero attached hydrogens (tertiary/aromatic N) is 3. The molecule has 3 N–H and O–H groups in total. The first-order valence-electron chi connectivity index (χ1n) is 4.94. The van der Waals surface area contributed by atoms with Crippen LogP contribution in [0, 0.1) is 5.92 Å². The van der Waals surface area contributed by atoms with Crippen LogP contribution in [0.1, 0.15) is 20.3 Å². The molecule has 0 bridgehead atoms. The Balaban J connectivity index is 2.49. The number of carboxylic acids is 1. The van der Waals surface area contributed by atoms with Crippen LogP contribution in [-0.2, 0) is 4.79 Å². The van der Waals surface area contributed by atoms with Crippen LogP contribution in [0.4, 0.5) is 9.93 Å². The van der Waals surface area contributed by atoms with Crippen molar-refractivity contribution >= 4 is 28.7 Å². The van der Waals surface area contributed by atoms with E-state index in [0.717, 1.165) is 11.5 Å². The van der Waals surface area contributed by atoms with Crippen molar-refractivity contribution in [3.63, 3.8) is 0 Å². The summed E-state index contributed by atoms with van der Waals surface area (Å²) in [5.41, 5.74) is 0. The van der Waals surface area contributed by atoms with Crippen LogP contribution in [0.3, 0.4) is 0 Å². The summed E-state index contributed by atoms with van der Waals surface area (Å²) in [6.45, 7) is 3.76. The number of hydrogen-bond acceptors (Lipinski definition) is 6. The molecule has 8 nitrogen and oxygen atoms in total. The van der Waals surface area contributed by atoms with Gasteiger partial charge in [-0.15, -0.1) is 0 Å². The Morgan fingerprint density at radius 3 is 2.65 bits per heavy atom. The van der Waals surface area contributed by atoms with Gasteiger partial charge in [0.25, 0.3) is 0 Å². The highest BCUT2D eigenvalue weighted by Gasteiger charge is 2.21. The lowest BCUT2D eigenvalue weighted by atomic mass is 10.0. The molecule has 1 heterocycles. The normalized spacial score (nSPS) is 12.2. The Hall–Kier alpha value is -1.77. The smallest absolute Gasteiger partial charge is 0.326 e. The lowest BCUT2D eigenvalue weighted by Crippen LogP contribution is -2.43. The molecule has 0 saturated heterocycles. The van der Waals surface area contributed by atoms with Crippen molar-refractivity contribution in [2.24, 2.45) is 5.92 Å². The molecule has 0 spiro atoms. The minimum absolute atomic E-state index is 0.166. The first-order valence-corrected chi connectivity index (χ1v) is 5.71. The van der Waals surface area contributed by atoms with Crippen molar-refractivity contribution < 1.29 is 14.7 Å². The molecule has 0 aliphatic carbocycles. The molecule has 0 aliphatic rings. The zero-order valence-corrected chi connectivity index (χ0v) is 10.2. The number of hydrogen-bond donors (Lipinski definition) is 3. The molecular weight excluding hydrogens is 246 g/mol. The number of nitrogens with one attached hydrogen (secondary N) is 2. The molecule has 2 amide bonds. The van der Waals surface area contributed by atoms with E-state index >= 15 is 0 Å². The summed E-state index contributed by atoms with van der Waals surface area (Å²) in [5.74, 6) is -0.899. The van der Waals surface area contributed by atoms with Crippen LogP contribution < -0.4 is 10.6 Å². The molecule has 94 valence electrons. The summed E-state index contributed by atoms with van der Waals surface area (Å²) < 4.78 is 3.46. The molecule has 0 saturated carbocycles. The Labute approximate surface area is 102 Å². The summed E-state index contributed by atoms with van der Waals surface area (Å²) in [6.07, 6.45) is 0.358. The van der Waals surface area contributed by atoms with Gasteiger partial charge in [-0.05, 0) is 17.6 Å². The van der Waals surface area contributed by atoms with Crippen molar-refractivity contribution in [3.05, 3.63) is 0 Å². The molecule has 0 unspecified atom stereocenters. The maximum atomic E-state index is 11.4. The van der Waals surface area contributed by atoms with Gasteiger partial charge in [0, 0.05) is 11.5 Å². The van der Waals surface area contributed by atoms with Crippen LogP contribution in [0.25, 0.3) is 0 Å². The Bertz CT molecular complexity index is 381. The second-order valence-electron chi connectivity index (χ2n) is 3.79. The Morgan fingerprint density at radius 2 is 2.18 bits per heavy atom. The Morgan fingerprint density at radius 1 is 1.47 bits per heavy atom. The van der Waals surface area contributed by atoms with Crippen LogP contribution in [0.2, 0.25) is 0 Å². The summed E-state index contributed by atoms with van der Waals surface area (Å²) in [7, 11) is 0. The predicted octanol–water partition coefficient (Wildman–Crippen LogP) is 0.554. The van der Waals surface area contributed by atoms with E-state index in [9.17, 15) is 9.59 Å². The van der Waals surface area contributed by atoms with Crippen molar-refractivity contribution in [2.45, 2.75) is 26.3 Å². The number of aromatic nitrogens is 3. The van der Waals surface area contributed by atoms with E-state index in [1.54, 1.807) is 0 Å². The van der Waals surface area contributed by atoms with Crippen molar-refractivity contribution in [1.82, 2.24) is 20.1 Å². The largest absolute Gasteiger partial charge is 0.480 e. The van der Waals surface area contributed by atoms with Gasteiger partial charge in [-0.2, -0.15) is 0 Å². The average Bonchev–Trinajstić information content (AvgIpc) is 2.68. The van der Waals surface area contributed by atoms with E-state index < -0.39 is 18.0 Å². The number of carboxylic acid groups (broad SMARTS) is 1. The molecular formula is C8H13N5O3S. The summed E-state index contributed by atoms with van der Waals surface area (Å²) in [5, 5.41) is 20.6. The van der Waals surface area contributed by atoms with Crippen molar-refractivity contribution in [1.29, 1.82) is 0 Å². The topological polar surface area (TPSA) is 117 Å². The monoisotopic (exact) mass is 259 g/mol. The second kappa shape index (κ2) is 6.09. The average molecular weight is 259 g/mol. The number of anilines is 1. The first kappa shape index (κ1) is 13.3. The van der Waals surface area contributed by atoms with Gasteiger partial charge >= 0.3 is 12.0 Å². The van der Waals surface area contributed by atoms with Crippen LogP contribution in [0.5, 0.6) is 0 Å². The van der Waals surface area contributed by atoms with Crippen LogP contribution >= 0.6 is 11.5 Å². The fraction of sp³-hybridized carbons (Fsp3) is 0.625. The summed E-state index contributed by atoms with van der Waals surface area (Å²) in [4.78, 5) is 22.3. The first-order chi connectivity index (χ1) is 7.99. The molecule has 1 aromatic rings. The van der Waals surface area contributed by atoms with E-state index in [4.69, 9.17) is 5.11 Å². The lowest BCUT2D eigenvalue weighted by Gasteiger charge is -2.15. The third-order valence-electron chi connectivity index (χ3n) is 1.83. The molecule has 0 aliphatic heterocycles. The fourth-order valence-corrected chi connectivity index (χ4v) is 1.53. The summed E-state index contributed by atoms with van der Waals surface area (Å²) in [6, 6.07) is -1.55. The van der Waals surface area contributed by atoms with Gasteiger partial charge in [0.1, 0.15) is 6.04 Å². The van der Waals surface area contributed by atoms with Gasteiger partial charge in [-0.3, -0.25) is 5.32 Å². The molecule has 1 aromatic heterocycles. The van der Waals surface area contributed by atoms with Crippen LogP contribution in [-0.4, -0.2) is 37.9 Å². The van der Waals surface area contributed by atoms with E-state index in [-0.39, 0.29) is 11.0 Å². The molecule has 0 fully saturated rings. The number of aliphatic carboxylic acids is 1. The number of carbonyl (C=O) groups is 2. The molecule has 0 radical (unpaired) electrons. The molecule has 17 heavy (non-hydrogen) atoms. The maximum Gasteiger partial charge on any atom is 0.326 e. The minimum Gasteiger partial charge on any atom is -0.480 e. The molecule has 0 aromatic carbocycles. The third-order valence-corrected chi connectivity index (χ3v) is 2.34. The Kier molecular flexibility index (Phi) is 4.76. The quantitative estimate of drug-likeness (QED) is 0.711. The van der Waals surface area contributed by atoms with E-state index in [1.807, 2.05) is 13.8 Å².